The summed E-state index contributed by atoms with van der Waals surface area (Å²) in [6.07, 6.45) is 1.13. The van der Waals surface area contributed by atoms with Gasteiger partial charge in [-0.3, -0.25) is 0 Å². The minimum Gasteiger partial charge on any atom is -0.383 e. The standard InChI is InChI=1S/C16H28N2O/c1-14-5-6-15(2)16(13-14)7-10-18(3)11-8-17-9-12-19-4/h5-6,13,17H,7-12H2,1-4H3. The molecule has 0 spiro atoms. The second-order valence-corrected chi connectivity index (χ2v) is 5.23. The van der Waals surface area contributed by atoms with E-state index in [4.69, 9.17) is 4.74 Å². The molecule has 19 heavy (non-hydrogen) atoms. The highest BCUT2D eigenvalue weighted by Crippen LogP contribution is 2.11. The van der Waals surface area contributed by atoms with E-state index in [0.717, 1.165) is 39.2 Å². The molecule has 1 rings (SSSR count). The Labute approximate surface area is 118 Å². The summed E-state index contributed by atoms with van der Waals surface area (Å²) >= 11 is 0. The van der Waals surface area contributed by atoms with Crippen LogP contribution >= 0.6 is 0 Å². The number of benzene rings is 1. The van der Waals surface area contributed by atoms with Crippen LogP contribution in [0.1, 0.15) is 16.7 Å². The minimum atomic E-state index is 0.784. The zero-order valence-corrected chi connectivity index (χ0v) is 12.8. The van der Waals surface area contributed by atoms with Crippen LogP contribution in [0.5, 0.6) is 0 Å². The van der Waals surface area contributed by atoms with Gasteiger partial charge < -0.3 is 15.0 Å². The van der Waals surface area contributed by atoms with Crippen LogP contribution in [0.4, 0.5) is 0 Å². The van der Waals surface area contributed by atoms with Crippen LogP contribution < -0.4 is 5.32 Å². The van der Waals surface area contributed by atoms with E-state index in [9.17, 15) is 0 Å². The van der Waals surface area contributed by atoms with Crippen molar-refractivity contribution in [2.45, 2.75) is 20.3 Å². The lowest BCUT2D eigenvalue weighted by atomic mass is 10.0. The SMILES string of the molecule is COCCNCCN(C)CCc1cc(C)ccc1C. The van der Waals surface area contributed by atoms with Gasteiger partial charge in [0.15, 0.2) is 0 Å². The van der Waals surface area contributed by atoms with Gasteiger partial charge in [0.05, 0.1) is 6.61 Å². The minimum absolute atomic E-state index is 0.784. The lowest BCUT2D eigenvalue weighted by Gasteiger charge is -2.17. The van der Waals surface area contributed by atoms with Gasteiger partial charge in [-0.2, -0.15) is 0 Å². The van der Waals surface area contributed by atoms with Gasteiger partial charge >= 0.3 is 0 Å². The van der Waals surface area contributed by atoms with E-state index in [1.807, 2.05) is 0 Å². The molecule has 0 heterocycles. The van der Waals surface area contributed by atoms with Crippen molar-refractivity contribution in [1.29, 1.82) is 0 Å². The van der Waals surface area contributed by atoms with Crippen LogP contribution in [0.15, 0.2) is 18.2 Å². The fraction of sp³-hybridized carbons (Fsp3) is 0.625. The molecule has 0 fully saturated rings. The molecule has 0 atom stereocenters. The molecule has 0 saturated carbocycles. The quantitative estimate of drug-likeness (QED) is 0.691. The Hall–Kier alpha value is -0.900. The Morgan fingerprint density at radius 3 is 2.68 bits per heavy atom. The van der Waals surface area contributed by atoms with Crippen LogP contribution in [0, 0.1) is 13.8 Å². The molecule has 3 nitrogen and oxygen atoms in total. The smallest absolute Gasteiger partial charge is 0.0587 e. The highest BCUT2D eigenvalue weighted by molar-refractivity contribution is 5.30. The van der Waals surface area contributed by atoms with Crippen molar-refractivity contribution in [2.75, 3.05) is 46.9 Å². The lowest BCUT2D eigenvalue weighted by Crippen LogP contribution is -2.32. The number of rotatable bonds is 9. The maximum absolute atomic E-state index is 5.00. The fourth-order valence-electron chi connectivity index (χ4n) is 2.06. The lowest BCUT2D eigenvalue weighted by molar-refractivity contribution is 0.198. The first-order chi connectivity index (χ1) is 9.13. The summed E-state index contributed by atoms with van der Waals surface area (Å²) < 4.78 is 5.00. The maximum atomic E-state index is 5.00. The summed E-state index contributed by atoms with van der Waals surface area (Å²) in [7, 11) is 3.92. The molecule has 0 aliphatic carbocycles. The molecule has 0 aliphatic heterocycles. The number of hydrogen-bond donors (Lipinski definition) is 1. The topological polar surface area (TPSA) is 24.5 Å². The molecule has 0 radical (unpaired) electrons. The maximum Gasteiger partial charge on any atom is 0.0587 e. The predicted molar refractivity (Wildman–Crippen MR) is 81.9 cm³/mol. The van der Waals surface area contributed by atoms with Gasteiger partial charge in [-0.05, 0) is 38.4 Å². The zero-order chi connectivity index (χ0) is 14.1. The summed E-state index contributed by atoms with van der Waals surface area (Å²) in [5.41, 5.74) is 4.22. The first-order valence-electron chi connectivity index (χ1n) is 7.08. The predicted octanol–water partition coefficient (Wildman–Crippen LogP) is 2.01. The Bertz CT molecular complexity index is 366. The normalized spacial score (nSPS) is 11.2. The number of likely N-dealkylation sites (N-methyl/N-ethyl adjacent to an activating group) is 1. The van der Waals surface area contributed by atoms with Crippen LogP contribution in [-0.4, -0.2) is 51.8 Å². The van der Waals surface area contributed by atoms with Gasteiger partial charge in [0, 0.05) is 33.3 Å². The second kappa shape index (κ2) is 9.08. The van der Waals surface area contributed by atoms with Crippen LogP contribution in [-0.2, 0) is 11.2 Å². The van der Waals surface area contributed by atoms with Crippen molar-refractivity contribution < 1.29 is 4.74 Å². The van der Waals surface area contributed by atoms with Crippen LogP contribution in [0.2, 0.25) is 0 Å². The monoisotopic (exact) mass is 264 g/mol. The fourth-order valence-corrected chi connectivity index (χ4v) is 2.06. The number of ether oxygens (including phenoxy) is 1. The highest BCUT2D eigenvalue weighted by Gasteiger charge is 2.02. The van der Waals surface area contributed by atoms with Crippen LogP contribution in [0.25, 0.3) is 0 Å². The van der Waals surface area contributed by atoms with E-state index in [1.165, 1.54) is 16.7 Å². The number of aryl methyl sites for hydroxylation is 2. The van der Waals surface area contributed by atoms with Gasteiger partial charge in [0.25, 0.3) is 0 Å². The molecule has 0 saturated heterocycles. The molecule has 0 unspecified atom stereocenters. The highest BCUT2D eigenvalue weighted by atomic mass is 16.5. The molecule has 0 amide bonds. The summed E-state index contributed by atoms with van der Waals surface area (Å²) in [6, 6.07) is 6.71. The molecule has 3 heteroatoms. The first-order valence-corrected chi connectivity index (χ1v) is 7.08. The van der Waals surface area contributed by atoms with E-state index in [-0.39, 0.29) is 0 Å². The molecule has 0 bridgehead atoms. The van der Waals surface area contributed by atoms with E-state index < -0.39 is 0 Å². The van der Waals surface area contributed by atoms with E-state index in [2.05, 4.69) is 49.3 Å². The van der Waals surface area contributed by atoms with Crippen molar-refractivity contribution in [3.8, 4) is 0 Å². The van der Waals surface area contributed by atoms with E-state index >= 15 is 0 Å². The average Bonchev–Trinajstić information content (AvgIpc) is 2.39. The zero-order valence-electron chi connectivity index (χ0n) is 12.8. The molecule has 108 valence electrons. The number of hydrogen-bond acceptors (Lipinski definition) is 3. The summed E-state index contributed by atoms with van der Waals surface area (Å²) in [4.78, 5) is 2.38. The molecule has 1 aromatic rings. The Morgan fingerprint density at radius 1 is 1.16 bits per heavy atom. The van der Waals surface area contributed by atoms with Crippen molar-refractivity contribution in [2.24, 2.45) is 0 Å². The third-order valence-corrected chi connectivity index (χ3v) is 3.42. The molecule has 1 N–H and O–H groups in total. The second-order valence-electron chi connectivity index (χ2n) is 5.23. The number of nitrogens with zero attached hydrogens (tertiary/aromatic N) is 1. The summed E-state index contributed by atoms with van der Waals surface area (Å²) in [5.74, 6) is 0. The third-order valence-electron chi connectivity index (χ3n) is 3.42. The van der Waals surface area contributed by atoms with Gasteiger partial charge in [0.1, 0.15) is 0 Å². The molecule has 0 aromatic heterocycles. The third kappa shape index (κ3) is 6.71. The Morgan fingerprint density at radius 2 is 1.95 bits per heavy atom. The molecular weight excluding hydrogens is 236 g/mol. The van der Waals surface area contributed by atoms with Gasteiger partial charge in [-0.25, -0.2) is 0 Å². The van der Waals surface area contributed by atoms with Crippen molar-refractivity contribution >= 4 is 0 Å². The molecule has 1 aromatic carbocycles. The van der Waals surface area contributed by atoms with E-state index in [0.29, 0.717) is 0 Å². The van der Waals surface area contributed by atoms with Crippen LogP contribution in [0.3, 0.4) is 0 Å². The number of nitrogens with one attached hydrogen (secondary N) is 1. The molecular formula is C16H28N2O. The largest absolute Gasteiger partial charge is 0.383 e. The van der Waals surface area contributed by atoms with Gasteiger partial charge in [-0.1, -0.05) is 23.8 Å². The van der Waals surface area contributed by atoms with Gasteiger partial charge in [-0.15, -0.1) is 0 Å². The van der Waals surface area contributed by atoms with Crippen molar-refractivity contribution in [1.82, 2.24) is 10.2 Å². The summed E-state index contributed by atoms with van der Waals surface area (Å²) in [6.45, 7) is 9.28. The van der Waals surface area contributed by atoms with E-state index in [1.54, 1.807) is 7.11 Å². The summed E-state index contributed by atoms with van der Waals surface area (Å²) in [5, 5.41) is 3.37. The Kier molecular flexibility index (Phi) is 7.72. The van der Waals surface area contributed by atoms with Crippen molar-refractivity contribution in [3.63, 3.8) is 0 Å². The number of methoxy groups -OCH3 is 1. The Balaban J connectivity index is 2.22. The average molecular weight is 264 g/mol. The first kappa shape index (κ1) is 16.2. The van der Waals surface area contributed by atoms with Crippen molar-refractivity contribution in [3.05, 3.63) is 34.9 Å². The van der Waals surface area contributed by atoms with Gasteiger partial charge in [0.2, 0.25) is 0 Å². The molecule has 0 aliphatic rings.